The predicted octanol–water partition coefficient (Wildman–Crippen LogP) is 7.42. The Morgan fingerprint density at radius 1 is 0.963 bits per heavy atom. The molecule has 27 heavy (non-hydrogen) atoms. The molecule has 0 aliphatic heterocycles. The van der Waals surface area contributed by atoms with E-state index in [1.54, 1.807) is 36.5 Å². The molecule has 0 aromatic heterocycles. The van der Waals surface area contributed by atoms with Crippen molar-refractivity contribution in [3.63, 3.8) is 0 Å². The quantitative estimate of drug-likeness (QED) is 0.392. The summed E-state index contributed by atoms with van der Waals surface area (Å²) in [7, 11) is 0. The second kappa shape index (κ2) is 8.75. The third-order valence-electron chi connectivity index (χ3n) is 3.84. The number of aryl methyl sites for hydroxylation is 1. The van der Waals surface area contributed by atoms with E-state index in [1.165, 1.54) is 12.1 Å². The van der Waals surface area contributed by atoms with Crippen LogP contribution in [0.3, 0.4) is 0 Å². The second-order valence-electron chi connectivity index (χ2n) is 5.92. The predicted molar refractivity (Wildman–Crippen MR) is 111 cm³/mol. The van der Waals surface area contributed by atoms with Crippen LogP contribution in [0.15, 0.2) is 59.6 Å². The van der Waals surface area contributed by atoms with Crippen molar-refractivity contribution in [2.75, 3.05) is 0 Å². The fourth-order valence-electron chi connectivity index (χ4n) is 2.39. The van der Waals surface area contributed by atoms with Crippen LogP contribution >= 0.6 is 34.8 Å². The molecule has 3 rings (SSSR count). The molecular weight excluding hydrogens is 408 g/mol. The third kappa shape index (κ3) is 5.23. The molecule has 0 spiro atoms. The third-order valence-corrected chi connectivity index (χ3v) is 4.64. The minimum atomic E-state index is -0.298. The van der Waals surface area contributed by atoms with E-state index in [1.807, 2.05) is 19.1 Å². The molecule has 0 unspecified atom stereocenters. The molecule has 0 aliphatic rings. The van der Waals surface area contributed by atoms with Crippen LogP contribution in [0.25, 0.3) is 0 Å². The Morgan fingerprint density at radius 3 is 2.30 bits per heavy atom. The highest BCUT2D eigenvalue weighted by molar-refractivity contribution is 6.37. The molecule has 138 valence electrons. The first-order valence-corrected chi connectivity index (χ1v) is 9.22. The van der Waals surface area contributed by atoms with Gasteiger partial charge in [0.05, 0.1) is 15.7 Å². The molecule has 0 N–H and O–H groups in total. The van der Waals surface area contributed by atoms with Gasteiger partial charge in [-0.05, 0) is 60.0 Å². The summed E-state index contributed by atoms with van der Waals surface area (Å²) in [6.45, 7) is 2.18. The monoisotopic (exact) mass is 421 g/mol. The van der Waals surface area contributed by atoms with E-state index < -0.39 is 0 Å². The van der Waals surface area contributed by atoms with Crippen LogP contribution in [0.1, 0.15) is 16.7 Å². The van der Waals surface area contributed by atoms with Crippen LogP contribution in [0.4, 0.5) is 10.1 Å². The van der Waals surface area contributed by atoms with Gasteiger partial charge in [-0.2, -0.15) is 0 Å². The van der Waals surface area contributed by atoms with Gasteiger partial charge in [0.25, 0.3) is 0 Å². The van der Waals surface area contributed by atoms with Crippen LogP contribution in [-0.2, 0) is 6.61 Å². The van der Waals surface area contributed by atoms with Gasteiger partial charge >= 0.3 is 0 Å². The summed E-state index contributed by atoms with van der Waals surface area (Å²) >= 11 is 18.6. The van der Waals surface area contributed by atoms with E-state index in [0.717, 1.165) is 22.4 Å². The topological polar surface area (TPSA) is 21.6 Å². The van der Waals surface area contributed by atoms with E-state index in [9.17, 15) is 4.39 Å². The molecule has 3 aromatic carbocycles. The summed E-state index contributed by atoms with van der Waals surface area (Å²) in [4.78, 5) is 4.45. The van der Waals surface area contributed by atoms with Crippen LogP contribution < -0.4 is 4.74 Å². The molecule has 0 bridgehead atoms. The highest BCUT2D eigenvalue weighted by Gasteiger charge is 2.10. The minimum absolute atomic E-state index is 0.231. The average molecular weight is 423 g/mol. The molecule has 0 saturated carbocycles. The summed E-state index contributed by atoms with van der Waals surface area (Å²) in [6.07, 6.45) is 1.67. The number of aliphatic imine (C=N–C) groups is 1. The zero-order chi connectivity index (χ0) is 19.4. The van der Waals surface area contributed by atoms with E-state index in [2.05, 4.69) is 4.99 Å². The van der Waals surface area contributed by atoms with Crippen molar-refractivity contribution < 1.29 is 9.13 Å². The Kier molecular flexibility index (Phi) is 6.38. The number of hydrogen-bond donors (Lipinski definition) is 0. The minimum Gasteiger partial charge on any atom is -0.486 e. The van der Waals surface area contributed by atoms with Gasteiger partial charge in [0, 0.05) is 11.2 Å². The van der Waals surface area contributed by atoms with Gasteiger partial charge in [-0.25, -0.2) is 4.39 Å². The summed E-state index contributed by atoms with van der Waals surface area (Å²) in [5.74, 6) is 0.0761. The van der Waals surface area contributed by atoms with Crippen LogP contribution in [0, 0.1) is 12.7 Å². The number of nitrogens with zero attached hydrogens (tertiary/aromatic N) is 1. The maximum Gasteiger partial charge on any atom is 0.157 e. The van der Waals surface area contributed by atoms with Gasteiger partial charge < -0.3 is 4.74 Å². The van der Waals surface area contributed by atoms with Crippen molar-refractivity contribution in [2.45, 2.75) is 13.5 Å². The van der Waals surface area contributed by atoms with Crippen LogP contribution in [0.2, 0.25) is 15.1 Å². The number of hydrogen-bond acceptors (Lipinski definition) is 2. The molecule has 3 aromatic rings. The van der Waals surface area contributed by atoms with Gasteiger partial charge in [0.15, 0.2) is 5.75 Å². The Bertz CT molecular complexity index is 964. The zero-order valence-corrected chi connectivity index (χ0v) is 16.6. The first kappa shape index (κ1) is 19.7. The molecule has 0 fully saturated rings. The highest BCUT2D eigenvalue weighted by atomic mass is 35.5. The number of halogens is 4. The fourth-order valence-corrected chi connectivity index (χ4v) is 3.17. The van der Waals surface area contributed by atoms with E-state index >= 15 is 0 Å². The van der Waals surface area contributed by atoms with Crippen molar-refractivity contribution >= 4 is 46.7 Å². The second-order valence-corrected chi connectivity index (χ2v) is 7.17. The Labute approximate surface area is 172 Å². The lowest BCUT2D eigenvalue weighted by molar-refractivity contribution is 0.306. The fraction of sp³-hybridized carbons (Fsp3) is 0.0952. The Morgan fingerprint density at radius 2 is 1.63 bits per heavy atom. The molecule has 0 amide bonds. The van der Waals surface area contributed by atoms with Crippen molar-refractivity contribution in [3.8, 4) is 5.75 Å². The molecule has 0 atom stereocenters. The molecule has 2 nitrogen and oxygen atoms in total. The van der Waals surface area contributed by atoms with Gasteiger partial charge in [-0.3, -0.25) is 4.99 Å². The molecule has 0 radical (unpaired) electrons. The van der Waals surface area contributed by atoms with Crippen molar-refractivity contribution in [1.29, 1.82) is 0 Å². The van der Waals surface area contributed by atoms with Crippen LogP contribution in [0.5, 0.6) is 5.75 Å². The van der Waals surface area contributed by atoms with Crippen molar-refractivity contribution in [1.82, 2.24) is 0 Å². The summed E-state index contributed by atoms with van der Waals surface area (Å²) in [5.41, 5.74) is 3.32. The summed E-state index contributed by atoms with van der Waals surface area (Å²) in [6, 6.07) is 15.0. The largest absolute Gasteiger partial charge is 0.486 e. The molecule has 0 saturated heterocycles. The molecule has 0 aliphatic carbocycles. The first-order valence-electron chi connectivity index (χ1n) is 8.09. The smallest absolute Gasteiger partial charge is 0.157 e. The summed E-state index contributed by atoms with van der Waals surface area (Å²) in [5, 5.41) is 1.36. The zero-order valence-electron chi connectivity index (χ0n) is 14.3. The van der Waals surface area contributed by atoms with Gasteiger partial charge in [0.1, 0.15) is 12.4 Å². The lowest BCUT2D eigenvalue weighted by atomic mass is 10.2. The maximum absolute atomic E-state index is 13.0. The number of rotatable bonds is 5. The van der Waals surface area contributed by atoms with E-state index in [0.29, 0.717) is 20.8 Å². The van der Waals surface area contributed by atoms with E-state index in [-0.39, 0.29) is 12.4 Å². The summed E-state index contributed by atoms with van der Waals surface area (Å²) < 4.78 is 18.7. The van der Waals surface area contributed by atoms with Gasteiger partial charge in [0.2, 0.25) is 0 Å². The van der Waals surface area contributed by atoms with Crippen molar-refractivity contribution in [3.05, 3.63) is 92.2 Å². The average Bonchev–Trinajstić information content (AvgIpc) is 2.63. The lowest BCUT2D eigenvalue weighted by Crippen LogP contribution is -1.97. The molecular formula is C21H15Cl3FNO. The number of ether oxygens (including phenoxy) is 1. The highest BCUT2D eigenvalue weighted by Crippen LogP contribution is 2.34. The van der Waals surface area contributed by atoms with Gasteiger partial charge in [-0.15, -0.1) is 0 Å². The molecule has 0 heterocycles. The SMILES string of the molecule is Cc1ccc(Cl)cc1N=Cc1cc(Cl)c(OCc2ccc(F)cc2)c(Cl)c1. The maximum atomic E-state index is 13.0. The normalized spacial score (nSPS) is 11.1. The van der Waals surface area contributed by atoms with Crippen molar-refractivity contribution in [2.24, 2.45) is 4.99 Å². The molecule has 6 heteroatoms. The van der Waals surface area contributed by atoms with Crippen LogP contribution in [-0.4, -0.2) is 6.21 Å². The first-order chi connectivity index (χ1) is 12.9. The lowest BCUT2D eigenvalue weighted by Gasteiger charge is -2.11. The Hall–Kier alpha value is -2.07. The standard InChI is InChI=1S/C21H15Cl3FNO/c1-13-2-5-16(22)10-20(13)26-11-15-8-18(23)21(19(24)9-15)27-12-14-3-6-17(25)7-4-14/h2-11H,12H2,1H3. The van der Waals surface area contributed by atoms with E-state index in [4.69, 9.17) is 39.5 Å². The van der Waals surface area contributed by atoms with Gasteiger partial charge in [-0.1, -0.05) is 53.0 Å². The number of benzene rings is 3. The Balaban J connectivity index is 1.77.